The Morgan fingerprint density at radius 3 is 2.81 bits per heavy atom. The summed E-state index contributed by atoms with van der Waals surface area (Å²) < 4.78 is 10.4. The molecule has 1 aliphatic heterocycles. The third-order valence-electron chi connectivity index (χ3n) is 4.05. The Balaban J connectivity index is 2.05. The average molecular weight is 292 g/mol. The fourth-order valence-corrected chi connectivity index (χ4v) is 2.69. The molecule has 1 saturated heterocycles. The highest BCUT2D eigenvalue weighted by atomic mass is 16.5. The molecule has 1 aromatic rings. The van der Waals surface area contributed by atoms with E-state index < -0.39 is 0 Å². The average Bonchev–Trinajstić information content (AvgIpc) is 2.54. The van der Waals surface area contributed by atoms with Gasteiger partial charge in [0, 0.05) is 12.1 Å². The van der Waals surface area contributed by atoms with Crippen molar-refractivity contribution in [3.63, 3.8) is 0 Å². The lowest BCUT2D eigenvalue weighted by atomic mass is 9.92. The van der Waals surface area contributed by atoms with Gasteiger partial charge in [-0.3, -0.25) is 4.79 Å². The molecule has 2 rings (SSSR count). The number of ether oxygens (including phenoxy) is 2. The molecule has 0 aliphatic carbocycles. The molecule has 0 radical (unpaired) electrons. The van der Waals surface area contributed by atoms with E-state index in [1.54, 1.807) is 32.4 Å². The van der Waals surface area contributed by atoms with E-state index in [-0.39, 0.29) is 11.9 Å². The third kappa shape index (κ3) is 3.88. The van der Waals surface area contributed by atoms with Crippen molar-refractivity contribution in [1.82, 2.24) is 10.6 Å². The minimum atomic E-state index is -0.104. The molecule has 2 N–H and O–H groups in total. The number of benzene rings is 1. The van der Waals surface area contributed by atoms with E-state index in [0.29, 0.717) is 23.0 Å². The lowest BCUT2D eigenvalue weighted by Gasteiger charge is -2.29. The largest absolute Gasteiger partial charge is 0.497 e. The topological polar surface area (TPSA) is 59.6 Å². The molecule has 1 amide bonds. The highest BCUT2D eigenvalue weighted by Crippen LogP contribution is 2.25. The predicted octanol–water partition coefficient (Wildman–Crippen LogP) is 1.82. The van der Waals surface area contributed by atoms with Gasteiger partial charge in [-0.25, -0.2) is 0 Å². The number of piperidine rings is 1. The Hall–Kier alpha value is -1.75. The predicted molar refractivity (Wildman–Crippen MR) is 82.1 cm³/mol. The quantitative estimate of drug-likeness (QED) is 0.869. The standard InChI is InChI=1S/C16H24N2O3/c1-11(12-5-4-8-17-10-12)18-16(19)14-7-6-13(20-2)9-15(14)21-3/h6-7,9,11-12,17H,4-5,8,10H2,1-3H3,(H,18,19). The number of rotatable bonds is 5. The van der Waals surface area contributed by atoms with Gasteiger partial charge in [0.2, 0.25) is 0 Å². The maximum atomic E-state index is 12.4. The van der Waals surface area contributed by atoms with Crippen molar-refractivity contribution in [2.45, 2.75) is 25.8 Å². The summed E-state index contributed by atoms with van der Waals surface area (Å²) in [6.07, 6.45) is 2.31. The van der Waals surface area contributed by atoms with Gasteiger partial charge < -0.3 is 20.1 Å². The molecule has 1 heterocycles. The molecule has 21 heavy (non-hydrogen) atoms. The van der Waals surface area contributed by atoms with Crippen molar-refractivity contribution in [3.8, 4) is 11.5 Å². The van der Waals surface area contributed by atoms with Crippen LogP contribution in [-0.2, 0) is 0 Å². The summed E-state index contributed by atoms with van der Waals surface area (Å²) in [4.78, 5) is 12.4. The number of hydrogen-bond donors (Lipinski definition) is 2. The monoisotopic (exact) mass is 292 g/mol. The Bertz CT molecular complexity index is 484. The zero-order valence-corrected chi connectivity index (χ0v) is 12.9. The Morgan fingerprint density at radius 2 is 2.19 bits per heavy atom. The van der Waals surface area contributed by atoms with Crippen LogP contribution in [0.15, 0.2) is 18.2 Å². The van der Waals surface area contributed by atoms with E-state index in [4.69, 9.17) is 9.47 Å². The molecule has 0 aromatic heterocycles. The Labute approximate surface area is 126 Å². The lowest BCUT2D eigenvalue weighted by molar-refractivity contribution is 0.0919. The molecular formula is C16H24N2O3. The van der Waals surface area contributed by atoms with Crippen molar-refractivity contribution in [2.75, 3.05) is 27.3 Å². The fourth-order valence-electron chi connectivity index (χ4n) is 2.69. The first-order valence-electron chi connectivity index (χ1n) is 7.39. The summed E-state index contributed by atoms with van der Waals surface area (Å²) in [6.45, 7) is 4.09. The molecule has 1 aliphatic rings. The van der Waals surface area contributed by atoms with Gasteiger partial charge in [-0.2, -0.15) is 0 Å². The SMILES string of the molecule is COc1ccc(C(=O)NC(C)C2CCCNC2)c(OC)c1. The molecule has 5 heteroatoms. The summed E-state index contributed by atoms with van der Waals surface area (Å²) in [5, 5.41) is 6.45. The molecule has 0 spiro atoms. The van der Waals surface area contributed by atoms with Gasteiger partial charge in [-0.05, 0) is 50.9 Å². The van der Waals surface area contributed by atoms with Gasteiger partial charge in [-0.15, -0.1) is 0 Å². The number of hydrogen-bond acceptors (Lipinski definition) is 4. The van der Waals surface area contributed by atoms with Gasteiger partial charge >= 0.3 is 0 Å². The van der Waals surface area contributed by atoms with Crippen LogP contribution in [0.2, 0.25) is 0 Å². The summed E-state index contributed by atoms with van der Waals surface area (Å²) in [5.41, 5.74) is 0.536. The number of carbonyl (C=O) groups excluding carboxylic acids is 1. The lowest BCUT2D eigenvalue weighted by Crippen LogP contribution is -2.44. The van der Waals surface area contributed by atoms with Gasteiger partial charge in [0.05, 0.1) is 19.8 Å². The van der Waals surface area contributed by atoms with Gasteiger partial charge in [0.1, 0.15) is 11.5 Å². The Morgan fingerprint density at radius 1 is 1.38 bits per heavy atom. The molecule has 2 unspecified atom stereocenters. The summed E-state index contributed by atoms with van der Waals surface area (Å²) >= 11 is 0. The van der Waals surface area contributed by atoms with Crippen molar-refractivity contribution >= 4 is 5.91 Å². The van der Waals surface area contributed by atoms with Crippen molar-refractivity contribution < 1.29 is 14.3 Å². The van der Waals surface area contributed by atoms with Crippen molar-refractivity contribution in [3.05, 3.63) is 23.8 Å². The van der Waals surface area contributed by atoms with Crippen LogP contribution in [-0.4, -0.2) is 39.3 Å². The highest BCUT2D eigenvalue weighted by molar-refractivity contribution is 5.97. The van der Waals surface area contributed by atoms with Crippen LogP contribution in [0.4, 0.5) is 0 Å². The summed E-state index contributed by atoms with van der Waals surface area (Å²) in [7, 11) is 3.15. The fraction of sp³-hybridized carbons (Fsp3) is 0.562. The molecule has 5 nitrogen and oxygen atoms in total. The second kappa shape index (κ2) is 7.31. The maximum Gasteiger partial charge on any atom is 0.255 e. The molecule has 1 aromatic carbocycles. The number of methoxy groups -OCH3 is 2. The van der Waals surface area contributed by atoms with E-state index in [1.165, 1.54) is 0 Å². The van der Waals surface area contributed by atoms with Gasteiger partial charge in [0.15, 0.2) is 0 Å². The Kier molecular flexibility index (Phi) is 5.44. The van der Waals surface area contributed by atoms with E-state index in [9.17, 15) is 4.79 Å². The maximum absolute atomic E-state index is 12.4. The zero-order chi connectivity index (χ0) is 15.2. The van der Waals surface area contributed by atoms with Gasteiger partial charge in [0.25, 0.3) is 5.91 Å². The molecule has 0 saturated carbocycles. The molecule has 0 bridgehead atoms. The van der Waals surface area contributed by atoms with E-state index in [2.05, 4.69) is 17.6 Å². The van der Waals surface area contributed by atoms with E-state index >= 15 is 0 Å². The van der Waals surface area contributed by atoms with Crippen LogP contribution in [0.5, 0.6) is 11.5 Å². The third-order valence-corrected chi connectivity index (χ3v) is 4.05. The van der Waals surface area contributed by atoms with Crippen molar-refractivity contribution in [1.29, 1.82) is 0 Å². The minimum Gasteiger partial charge on any atom is -0.497 e. The second-order valence-corrected chi connectivity index (χ2v) is 5.43. The summed E-state index contributed by atoms with van der Waals surface area (Å²) in [5.74, 6) is 1.58. The zero-order valence-electron chi connectivity index (χ0n) is 12.9. The van der Waals surface area contributed by atoms with Crippen LogP contribution < -0.4 is 20.1 Å². The molecule has 116 valence electrons. The number of nitrogens with one attached hydrogen (secondary N) is 2. The number of amides is 1. The van der Waals surface area contributed by atoms with Crippen LogP contribution in [0.25, 0.3) is 0 Å². The minimum absolute atomic E-state index is 0.104. The first-order valence-corrected chi connectivity index (χ1v) is 7.39. The molecular weight excluding hydrogens is 268 g/mol. The van der Waals surface area contributed by atoms with E-state index in [0.717, 1.165) is 25.9 Å². The van der Waals surface area contributed by atoms with Gasteiger partial charge in [-0.1, -0.05) is 0 Å². The van der Waals surface area contributed by atoms with Crippen LogP contribution in [0.1, 0.15) is 30.1 Å². The second-order valence-electron chi connectivity index (χ2n) is 5.43. The summed E-state index contributed by atoms with van der Waals surface area (Å²) in [6, 6.07) is 5.36. The molecule has 2 atom stereocenters. The smallest absolute Gasteiger partial charge is 0.255 e. The van der Waals surface area contributed by atoms with Crippen molar-refractivity contribution in [2.24, 2.45) is 5.92 Å². The van der Waals surface area contributed by atoms with Crippen LogP contribution >= 0.6 is 0 Å². The molecule has 1 fully saturated rings. The normalized spacial score (nSPS) is 19.7. The first kappa shape index (κ1) is 15.6. The van der Waals surface area contributed by atoms with E-state index in [1.807, 2.05) is 0 Å². The highest BCUT2D eigenvalue weighted by Gasteiger charge is 2.23. The number of carbonyl (C=O) groups is 1. The van der Waals surface area contributed by atoms with Crippen LogP contribution in [0.3, 0.4) is 0 Å². The van der Waals surface area contributed by atoms with Crippen LogP contribution in [0, 0.1) is 5.92 Å². The first-order chi connectivity index (χ1) is 10.2.